The first kappa shape index (κ1) is 27.2. The van der Waals surface area contributed by atoms with Crippen LogP contribution in [0.4, 0.5) is 5.69 Å². The van der Waals surface area contributed by atoms with E-state index >= 15 is 0 Å². The van der Waals surface area contributed by atoms with Crippen LogP contribution in [-0.2, 0) is 4.74 Å². The zero-order chi connectivity index (χ0) is 29.2. The molecule has 0 radical (unpaired) electrons. The number of ether oxygens (including phenoxy) is 2. The first-order valence-electron chi connectivity index (χ1n) is 13.7. The van der Waals surface area contributed by atoms with Gasteiger partial charge in [-0.2, -0.15) is 0 Å². The Bertz CT molecular complexity index is 1740. The number of benzene rings is 3. The molecule has 3 aromatic carbocycles. The van der Waals surface area contributed by atoms with Gasteiger partial charge in [0.1, 0.15) is 11.5 Å². The van der Waals surface area contributed by atoms with Gasteiger partial charge < -0.3 is 24.3 Å². The van der Waals surface area contributed by atoms with Crippen LogP contribution in [0, 0.1) is 13.8 Å². The van der Waals surface area contributed by atoms with Gasteiger partial charge in [-0.3, -0.25) is 4.98 Å². The van der Waals surface area contributed by atoms with Crippen LogP contribution in [0.1, 0.15) is 45.1 Å². The number of aromatic nitrogens is 2. The Labute approximate surface area is 250 Å². The maximum atomic E-state index is 12.3. The monoisotopic (exact) mass is 574 g/mol. The van der Waals surface area contributed by atoms with Crippen molar-refractivity contribution >= 4 is 29.0 Å². The number of nitrogens with zero attached hydrogens (tertiary/aromatic N) is 3. The standard InChI is InChI=1S/C34H30N4O3S/c1-22-20-29(23(2)37(22)26-11-9-10-24(21-26)33(39)40-3)32-31(30-14-7-8-19-35-30)36-34(42)38(32)25-15-17-28(18-16-25)41-27-12-5-4-6-13-27/h4-21,31-32H,1-3H3,(H,36,42). The summed E-state index contributed by atoms with van der Waals surface area (Å²) in [6.07, 6.45) is 1.80. The lowest BCUT2D eigenvalue weighted by atomic mass is 9.96. The van der Waals surface area contributed by atoms with Crippen molar-refractivity contribution in [3.63, 3.8) is 0 Å². The average molecular weight is 575 g/mol. The van der Waals surface area contributed by atoms with E-state index < -0.39 is 0 Å². The van der Waals surface area contributed by atoms with Gasteiger partial charge in [-0.25, -0.2) is 4.79 Å². The molecule has 2 aromatic heterocycles. The third-order valence-electron chi connectivity index (χ3n) is 7.51. The predicted molar refractivity (Wildman–Crippen MR) is 167 cm³/mol. The second-order valence-electron chi connectivity index (χ2n) is 10.1. The van der Waals surface area contributed by atoms with Crippen molar-refractivity contribution in [2.45, 2.75) is 25.9 Å². The molecule has 8 heteroatoms. The van der Waals surface area contributed by atoms with Crippen molar-refractivity contribution in [1.82, 2.24) is 14.9 Å². The molecule has 2 atom stereocenters. The number of hydrogen-bond donors (Lipinski definition) is 1. The fourth-order valence-electron chi connectivity index (χ4n) is 5.62. The second-order valence-corrected chi connectivity index (χ2v) is 10.5. The van der Waals surface area contributed by atoms with Crippen LogP contribution in [0.2, 0.25) is 0 Å². The molecule has 1 aliphatic rings. The molecule has 6 rings (SSSR count). The summed E-state index contributed by atoms with van der Waals surface area (Å²) in [7, 11) is 1.39. The number of esters is 1. The van der Waals surface area contributed by atoms with Crippen molar-refractivity contribution in [1.29, 1.82) is 0 Å². The smallest absolute Gasteiger partial charge is 0.337 e. The summed E-state index contributed by atoms with van der Waals surface area (Å²) in [5, 5.41) is 4.16. The van der Waals surface area contributed by atoms with Crippen LogP contribution in [0.15, 0.2) is 109 Å². The Kier molecular flexibility index (Phi) is 7.46. The molecule has 2 unspecified atom stereocenters. The summed E-state index contributed by atoms with van der Waals surface area (Å²) in [5.74, 6) is 1.15. The van der Waals surface area contributed by atoms with Crippen LogP contribution < -0.4 is 15.0 Å². The summed E-state index contributed by atoms with van der Waals surface area (Å²) in [4.78, 5) is 19.1. The molecular weight excluding hydrogens is 544 g/mol. The number of para-hydroxylation sites is 1. The quantitative estimate of drug-likeness (QED) is 0.162. The Hall–Kier alpha value is -4.95. The molecule has 42 heavy (non-hydrogen) atoms. The van der Waals surface area contributed by atoms with E-state index in [1.165, 1.54) is 7.11 Å². The summed E-state index contributed by atoms with van der Waals surface area (Å²) in [6, 6.07) is 32.9. The number of carbonyl (C=O) groups is 1. The lowest BCUT2D eigenvalue weighted by Gasteiger charge is -2.28. The van der Waals surface area contributed by atoms with Gasteiger partial charge in [0, 0.05) is 29.0 Å². The number of carbonyl (C=O) groups excluding carboxylic acids is 1. The van der Waals surface area contributed by atoms with Crippen molar-refractivity contribution in [2.24, 2.45) is 0 Å². The molecular formula is C34H30N4O3S. The van der Waals surface area contributed by atoms with Crippen LogP contribution >= 0.6 is 12.2 Å². The van der Waals surface area contributed by atoms with Gasteiger partial charge in [-0.05, 0) is 104 Å². The fraction of sp³-hybridized carbons (Fsp3) is 0.147. The average Bonchev–Trinajstić information content (AvgIpc) is 3.52. The van der Waals surface area contributed by atoms with Crippen molar-refractivity contribution in [3.8, 4) is 17.2 Å². The number of pyridine rings is 1. The lowest BCUT2D eigenvalue weighted by Crippen LogP contribution is -2.29. The topological polar surface area (TPSA) is 68.6 Å². The molecule has 1 saturated heterocycles. The zero-order valence-electron chi connectivity index (χ0n) is 23.5. The first-order valence-corrected chi connectivity index (χ1v) is 14.1. The van der Waals surface area contributed by atoms with Crippen molar-refractivity contribution < 1.29 is 14.3 Å². The Morgan fingerprint density at radius 1 is 0.857 bits per heavy atom. The predicted octanol–water partition coefficient (Wildman–Crippen LogP) is 7.25. The number of hydrogen-bond acceptors (Lipinski definition) is 5. The lowest BCUT2D eigenvalue weighted by molar-refractivity contribution is 0.0600. The van der Waals surface area contributed by atoms with Crippen LogP contribution in [0.5, 0.6) is 11.5 Å². The molecule has 3 heterocycles. The Morgan fingerprint density at radius 2 is 1.60 bits per heavy atom. The molecule has 0 aliphatic carbocycles. The summed E-state index contributed by atoms with van der Waals surface area (Å²) >= 11 is 5.95. The number of rotatable bonds is 7. The molecule has 1 fully saturated rings. The van der Waals surface area contributed by atoms with E-state index in [0.717, 1.165) is 45.5 Å². The van der Waals surface area contributed by atoms with Crippen molar-refractivity contribution in [3.05, 3.63) is 138 Å². The Balaban J connectivity index is 1.42. The molecule has 5 aromatic rings. The highest BCUT2D eigenvalue weighted by Gasteiger charge is 2.42. The molecule has 0 spiro atoms. The van der Waals surface area contributed by atoms with E-state index in [2.05, 4.69) is 34.7 Å². The van der Waals surface area contributed by atoms with E-state index in [-0.39, 0.29) is 18.1 Å². The molecule has 0 bridgehead atoms. The highest BCUT2D eigenvalue weighted by atomic mass is 32.1. The van der Waals surface area contributed by atoms with Gasteiger partial charge in [-0.1, -0.05) is 30.3 Å². The maximum Gasteiger partial charge on any atom is 0.337 e. The summed E-state index contributed by atoms with van der Waals surface area (Å²) in [6.45, 7) is 4.16. The minimum atomic E-state index is -0.369. The molecule has 210 valence electrons. The van der Waals surface area contributed by atoms with Gasteiger partial charge >= 0.3 is 5.97 Å². The molecule has 7 nitrogen and oxygen atoms in total. The van der Waals surface area contributed by atoms with Gasteiger partial charge in [0.15, 0.2) is 5.11 Å². The van der Waals surface area contributed by atoms with E-state index in [1.54, 1.807) is 12.3 Å². The van der Waals surface area contributed by atoms with E-state index in [9.17, 15) is 4.79 Å². The highest BCUT2D eigenvalue weighted by molar-refractivity contribution is 7.80. The van der Waals surface area contributed by atoms with Crippen LogP contribution in [-0.4, -0.2) is 27.7 Å². The van der Waals surface area contributed by atoms with Gasteiger partial charge in [0.05, 0.1) is 30.5 Å². The fourth-order valence-corrected chi connectivity index (χ4v) is 5.97. The number of thiocarbonyl (C=S) groups is 1. The molecule has 1 N–H and O–H groups in total. The maximum absolute atomic E-state index is 12.3. The van der Waals surface area contributed by atoms with Crippen molar-refractivity contribution in [2.75, 3.05) is 12.0 Å². The van der Waals surface area contributed by atoms with Gasteiger partial charge in [0.2, 0.25) is 0 Å². The molecule has 0 saturated carbocycles. The first-order chi connectivity index (χ1) is 20.4. The second kappa shape index (κ2) is 11.5. The van der Waals surface area contributed by atoms with Crippen LogP contribution in [0.3, 0.4) is 0 Å². The zero-order valence-corrected chi connectivity index (χ0v) is 24.3. The van der Waals surface area contributed by atoms with E-state index in [4.69, 9.17) is 26.7 Å². The third-order valence-corrected chi connectivity index (χ3v) is 7.82. The number of anilines is 1. The van der Waals surface area contributed by atoms with E-state index in [0.29, 0.717) is 10.7 Å². The third kappa shape index (κ3) is 5.12. The van der Waals surface area contributed by atoms with E-state index in [1.807, 2.05) is 91.0 Å². The number of nitrogens with one attached hydrogen (secondary N) is 1. The summed E-state index contributed by atoms with van der Waals surface area (Å²) in [5.41, 5.74) is 6.40. The number of methoxy groups -OCH3 is 1. The summed E-state index contributed by atoms with van der Waals surface area (Å²) < 4.78 is 13.2. The normalized spacial score (nSPS) is 16.3. The largest absolute Gasteiger partial charge is 0.465 e. The SMILES string of the molecule is COC(=O)c1cccc(-n2c(C)cc(C3C(c4ccccn4)NC(=S)N3c3ccc(Oc4ccccc4)cc3)c2C)c1. The molecule has 0 amide bonds. The minimum Gasteiger partial charge on any atom is -0.465 e. The number of aryl methyl sites for hydroxylation is 1. The minimum absolute atomic E-state index is 0.183. The van der Waals surface area contributed by atoms with Crippen LogP contribution in [0.25, 0.3) is 5.69 Å². The van der Waals surface area contributed by atoms with Gasteiger partial charge in [-0.15, -0.1) is 0 Å². The van der Waals surface area contributed by atoms with Gasteiger partial charge in [0.25, 0.3) is 0 Å². The molecule has 1 aliphatic heterocycles. The Morgan fingerprint density at radius 3 is 2.31 bits per heavy atom. The highest BCUT2D eigenvalue weighted by Crippen LogP contribution is 2.44.